The summed E-state index contributed by atoms with van der Waals surface area (Å²) in [5.41, 5.74) is 7.31. The molecule has 0 bridgehead atoms. The highest BCUT2D eigenvalue weighted by molar-refractivity contribution is 9.10. The number of halogens is 2. The minimum Gasteiger partial charge on any atom is -0.497 e. The van der Waals surface area contributed by atoms with Crippen molar-refractivity contribution in [2.75, 3.05) is 7.11 Å². The molecule has 0 fully saturated rings. The number of benzene rings is 1. The van der Waals surface area contributed by atoms with Gasteiger partial charge >= 0.3 is 0 Å². The van der Waals surface area contributed by atoms with E-state index in [1.165, 1.54) is 0 Å². The van der Waals surface area contributed by atoms with Crippen molar-refractivity contribution < 1.29 is 4.74 Å². The van der Waals surface area contributed by atoms with Crippen molar-refractivity contribution >= 4 is 43.2 Å². The molecular weight excluding hydrogens is 366 g/mol. The molecule has 0 radical (unpaired) electrons. The highest BCUT2D eigenvalue weighted by Gasteiger charge is 2.16. The Bertz CT molecular complexity index is 527. The highest BCUT2D eigenvalue weighted by Crippen LogP contribution is 2.35. The van der Waals surface area contributed by atoms with Crippen molar-refractivity contribution in [3.8, 4) is 5.75 Å². The van der Waals surface area contributed by atoms with Crippen LogP contribution in [0.15, 0.2) is 38.6 Å². The van der Waals surface area contributed by atoms with Crippen LogP contribution in [0.5, 0.6) is 5.75 Å². The summed E-state index contributed by atoms with van der Waals surface area (Å²) < 4.78 is 7.18. The third-order valence-corrected chi connectivity index (χ3v) is 5.11. The molecule has 0 saturated heterocycles. The van der Waals surface area contributed by atoms with Gasteiger partial charge in [-0.05, 0) is 45.1 Å². The monoisotopic (exact) mass is 375 g/mol. The fourth-order valence-electron chi connectivity index (χ4n) is 1.56. The summed E-state index contributed by atoms with van der Waals surface area (Å²) in [7, 11) is 1.65. The third-order valence-electron chi connectivity index (χ3n) is 2.47. The largest absolute Gasteiger partial charge is 0.497 e. The van der Waals surface area contributed by atoms with E-state index in [9.17, 15) is 0 Å². The first-order valence-electron chi connectivity index (χ1n) is 4.95. The Morgan fingerprint density at radius 1 is 1.24 bits per heavy atom. The summed E-state index contributed by atoms with van der Waals surface area (Å²) in [6, 6.07) is 7.71. The standard InChI is InChI=1S/C12H11Br2NOS/c1-16-7-2-3-8(10(14)6-7)11(15)12-9(13)4-5-17-12/h2-6,11H,15H2,1H3. The molecule has 0 aliphatic carbocycles. The van der Waals surface area contributed by atoms with E-state index in [0.717, 1.165) is 25.1 Å². The van der Waals surface area contributed by atoms with Gasteiger partial charge in [-0.25, -0.2) is 0 Å². The lowest BCUT2D eigenvalue weighted by atomic mass is 10.1. The van der Waals surface area contributed by atoms with Gasteiger partial charge < -0.3 is 10.5 Å². The number of hydrogen-bond acceptors (Lipinski definition) is 3. The molecule has 1 heterocycles. The molecule has 17 heavy (non-hydrogen) atoms. The third kappa shape index (κ3) is 2.73. The van der Waals surface area contributed by atoms with Gasteiger partial charge in [0.15, 0.2) is 0 Å². The zero-order valence-electron chi connectivity index (χ0n) is 9.11. The molecule has 1 atom stereocenters. The summed E-state index contributed by atoms with van der Waals surface area (Å²) in [6.07, 6.45) is 0. The lowest BCUT2D eigenvalue weighted by Crippen LogP contribution is -2.11. The summed E-state index contributed by atoms with van der Waals surface area (Å²) in [5, 5.41) is 2.02. The normalized spacial score (nSPS) is 12.5. The Hall–Kier alpha value is -0.360. The van der Waals surface area contributed by atoms with E-state index in [4.69, 9.17) is 10.5 Å². The summed E-state index contributed by atoms with van der Waals surface area (Å²) in [6.45, 7) is 0. The molecule has 2 nitrogen and oxygen atoms in total. The van der Waals surface area contributed by atoms with Crippen molar-refractivity contribution in [3.05, 3.63) is 49.0 Å². The minimum atomic E-state index is -0.135. The molecule has 0 aliphatic heterocycles. The topological polar surface area (TPSA) is 35.2 Å². The lowest BCUT2D eigenvalue weighted by molar-refractivity contribution is 0.414. The predicted octanol–water partition coefficient (Wildman–Crippen LogP) is 4.33. The predicted molar refractivity (Wildman–Crippen MR) is 78.7 cm³/mol. The molecule has 5 heteroatoms. The van der Waals surface area contributed by atoms with Crippen molar-refractivity contribution in [3.63, 3.8) is 0 Å². The first-order valence-corrected chi connectivity index (χ1v) is 7.42. The van der Waals surface area contributed by atoms with Gasteiger partial charge in [-0.2, -0.15) is 0 Å². The Morgan fingerprint density at radius 3 is 2.53 bits per heavy atom. The maximum atomic E-state index is 6.26. The molecule has 0 spiro atoms. The first kappa shape index (κ1) is 13.1. The molecule has 1 unspecified atom stereocenters. The summed E-state index contributed by atoms with van der Waals surface area (Å²) >= 11 is 8.68. The van der Waals surface area contributed by atoms with Crippen LogP contribution in [0.1, 0.15) is 16.5 Å². The van der Waals surface area contributed by atoms with E-state index in [0.29, 0.717) is 0 Å². The van der Waals surface area contributed by atoms with Gasteiger partial charge in [0.05, 0.1) is 13.2 Å². The summed E-state index contributed by atoms with van der Waals surface area (Å²) in [5.74, 6) is 0.818. The Kier molecular flexibility index (Phi) is 4.25. The number of thiophene rings is 1. The molecule has 2 N–H and O–H groups in total. The number of rotatable bonds is 3. The number of nitrogens with two attached hydrogens (primary N) is 1. The van der Waals surface area contributed by atoms with Crippen LogP contribution in [0.4, 0.5) is 0 Å². The molecule has 90 valence electrons. The molecule has 2 rings (SSSR count). The van der Waals surface area contributed by atoms with Crippen LogP contribution in [0, 0.1) is 0 Å². The van der Waals surface area contributed by atoms with Crippen LogP contribution < -0.4 is 10.5 Å². The van der Waals surface area contributed by atoms with Crippen LogP contribution in [0.3, 0.4) is 0 Å². The lowest BCUT2D eigenvalue weighted by Gasteiger charge is -2.14. The van der Waals surface area contributed by atoms with Crippen molar-refractivity contribution in [1.29, 1.82) is 0 Å². The Labute approximate surface area is 121 Å². The van der Waals surface area contributed by atoms with Crippen molar-refractivity contribution in [1.82, 2.24) is 0 Å². The maximum absolute atomic E-state index is 6.26. The van der Waals surface area contributed by atoms with Gasteiger partial charge in [-0.3, -0.25) is 0 Å². The van der Waals surface area contributed by atoms with Crippen LogP contribution in [-0.2, 0) is 0 Å². The van der Waals surface area contributed by atoms with Crippen molar-refractivity contribution in [2.24, 2.45) is 5.73 Å². The molecule has 0 amide bonds. The van der Waals surface area contributed by atoms with Gasteiger partial charge in [-0.15, -0.1) is 11.3 Å². The van der Waals surface area contributed by atoms with E-state index in [1.54, 1.807) is 18.4 Å². The zero-order valence-corrected chi connectivity index (χ0v) is 13.1. The minimum absolute atomic E-state index is 0.135. The average Bonchev–Trinajstić information content (AvgIpc) is 2.74. The second-order valence-electron chi connectivity index (χ2n) is 3.50. The fourth-order valence-corrected chi connectivity index (χ4v) is 3.80. The molecule has 1 aromatic carbocycles. The van der Waals surface area contributed by atoms with Gasteiger partial charge in [0.2, 0.25) is 0 Å². The van der Waals surface area contributed by atoms with Gasteiger partial charge in [0.25, 0.3) is 0 Å². The summed E-state index contributed by atoms with van der Waals surface area (Å²) in [4.78, 5) is 1.12. The SMILES string of the molecule is COc1ccc(C(N)c2sccc2Br)c(Br)c1. The van der Waals surface area contributed by atoms with Gasteiger partial charge in [-0.1, -0.05) is 22.0 Å². The Morgan fingerprint density at radius 2 is 2.00 bits per heavy atom. The van der Waals surface area contributed by atoms with Gasteiger partial charge in [0, 0.05) is 13.8 Å². The number of hydrogen-bond donors (Lipinski definition) is 1. The molecule has 0 aliphatic rings. The van der Waals surface area contributed by atoms with Crippen LogP contribution in [0.25, 0.3) is 0 Å². The van der Waals surface area contributed by atoms with E-state index in [-0.39, 0.29) is 6.04 Å². The van der Waals surface area contributed by atoms with Gasteiger partial charge in [0.1, 0.15) is 5.75 Å². The molecule has 1 aromatic heterocycles. The van der Waals surface area contributed by atoms with Crippen molar-refractivity contribution in [2.45, 2.75) is 6.04 Å². The average molecular weight is 377 g/mol. The second kappa shape index (κ2) is 5.52. The number of methoxy groups -OCH3 is 1. The van der Waals surface area contributed by atoms with E-state index in [2.05, 4.69) is 31.9 Å². The van der Waals surface area contributed by atoms with E-state index < -0.39 is 0 Å². The van der Waals surface area contributed by atoms with E-state index in [1.807, 2.05) is 29.6 Å². The second-order valence-corrected chi connectivity index (χ2v) is 6.15. The molecule has 2 aromatic rings. The maximum Gasteiger partial charge on any atom is 0.120 e. The van der Waals surface area contributed by atoms with Crippen LogP contribution in [-0.4, -0.2) is 7.11 Å². The van der Waals surface area contributed by atoms with Crippen LogP contribution in [0.2, 0.25) is 0 Å². The Balaban J connectivity index is 2.38. The van der Waals surface area contributed by atoms with Crippen LogP contribution >= 0.6 is 43.2 Å². The fraction of sp³-hybridized carbons (Fsp3) is 0.167. The quantitative estimate of drug-likeness (QED) is 0.865. The molecular formula is C12H11Br2NOS. The first-order chi connectivity index (χ1) is 8.13. The smallest absolute Gasteiger partial charge is 0.120 e. The molecule has 0 saturated carbocycles. The zero-order chi connectivity index (χ0) is 12.4. The number of ether oxygens (including phenoxy) is 1. The highest BCUT2D eigenvalue weighted by atomic mass is 79.9. The van der Waals surface area contributed by atoms with E-state index >= 15 is 0 Å².